The number of rotatable bonds is 6. The maximum absolute atomic E-state index is 14.8. The molecule has 1 amide bonds. The SMILES string of the molecule is CCn1ccc2cc(C(=O)NC[C@H](C)c3cc(F)c(N4CCNCC4)cc3F)cnc21. The molecule has 3 heterocycles. The van der Waals surface area contributed by atoms with Gasteiger partial charge in [-0.25, -0.2) is 13.8 Å². The number of hydrogen-bond donors (Lipinski definition) is 2. The third kappa shape index (κ3) is 4.39. The number of anilines is 1. The summed E-state index contributed by atoms with van der Waals surface area (Å²) in [6, 6.07) is 6.23. The van der Waals surface area contributed by atoms with E-state index in [1.165, 1.54) is 18.3 Å². The lowest BCUT2D eigenvalue weighted by Crippen LogP contribution is -2.44. The maximum atomic E-state index is 14.8. The molecule has 1 aliphatic rings. The smallest absolute Gasteiger partial charge is 0.252 e. The Kier molecular flexibility index (Phi) is 6.18. The summed E-state index contributed by atoms with van der Waals surface area (Å²) in [7, 11) is 0. The van der Waals surface area contributed by atoms with Gasteiger partial charge in [0.15, 0.2) is 0 Å². The van der Waals surface area contributed by atoms with E-state index in [1.807, 2.05) is 28.7 Å². The largest absolute Gasteiger partial charge is 0.367 e. The van der Waals surface area contributed by atoms with Crippen LogP contribution in [0.3, 0.4) is 0 Å². The number of nitrogens with zero attached hydrogens (tertiary/aromatic N) is 3. The third-order valence-electron chi connectivity index (χ3n) is 5.83. The fourth-order valence-corrected chi connectivity index (χ4v) is 3.99. The first-order chi connectivity index (χ1) is 15.0. The van der Waals surface area contributed by atoms with Crippen molar-refractivity contribution in [2.24, 2.45) is 0 Å². The van der Waals surface area contributed by atoms with Crippen LogP contribution in [0.15, 0.2) is 36.7 Å². The average Bonchev–Trinajstić information content (AvgIpc) is 3.21. The molecule has 164 valence electrons. The standard InChI is InChI=1S/C23H27F2N5O/c1-3-29-7-4-16-10-17(14-27-22(16)29)23(31)28-13-15(2)18-11-20(25)21(12-19(18)24)30-8-5-26-6-9-30/h4,7,10-12,14-15,26H,3,5-6,8-9,13H2,1-2H3,(H,28,31)/t15-/m0/s1. The van der Waals surface area contributed by atoms with Crippen molar-refractivity contribution in [2.75, 3.05) is 37.6 Å². The van der Waals surface area contributed by atoms with Crippen LogP contribution in [0.2, 0.25) is 0 Å². The van der Waals surface area contributed by atoms with Crippen molar-refractivity contribution < 1.29 is 13.6 Å². The van der Waals surface area contributed by atoms with Gasteiger partial charge >= 0.3 is 0 Å². The van der Waals surface area contributed by atoms with Crippen LogP contribution in [-0.2, 0) is 6.54 Å². The number of hydrogen-bond acceptors (Lipinski definition) is 4. The van der Waals surface area contributed by atoms with E-state index in [-0.39, 0.29) is 29.6 Å². The maximum Gasteiger partial charge on any atom is 0.252 e. The van der Waals surface area contributed by atoms with Gasteiger partial charge in [0.05, 0.1) is 11.3 Å². The lowest BCUT2D eigenvalue weighted by atomic mass is 9.99. The van der Waals surface area contributed by atoms with E-state index in [9.17, 15) is 13.6 Å². The monoisotopic (exact) mass is 427 g/mol. The molecule has 2 aromatic heterocycles. The number of carbonyl (C=O) groups is 1. The molecule has 0 saturated carbocycles. The number of fused-ring (bicyclic) bond motifs is 1. The molecule has 0 unspecified atom stereocenters. The van der Waals surface area contributed by atoms with Gasteiger partial charge in [-0.2, -0.15) is 0 Å². The number of nitrogens with one attached hydrogen (secondary N) is 2. The number of aryl methyl sites for hydroxylation is 1. The van der Waals surface area contributed by atoms with Crippen molar-refractivity contribution in [3.63, 3.8) is 0 Å². The fraction of sp³-hybridized carbons (Fsp3) is 0.391. The Hall–Kier alpha value is -3.00. The van der Waals surface area contributed by atoms with Gasteiger partial charge in [-0.3, -0.25) is 4.79 Å². The highest BCUT2D eigenvalue weighted by molar-refractivity contribution is 5.97. The molecule has 0 radical (unpaired) electrons. The highest BCUT2D eigenvalue weighted by Gasteiger charge is 2.20. The molecule has 31 heavy (non-hydrogen) atoms. The zero-order chi connectivity index (χ0) is 22.0. The van der Waals surface area contributed by atoms with E-state index in [0.29, 0.717) is 18.7 Å². The number of pyridine rings is 1. The Labute approximate surface area is 180 Å². The minimum Gasteiger partial charge on any atom is -0.367 e. The molecule has 2 N–H and O–H groups in total. The molecule has 3 aromatic rings. The van der Waals surface area contributed by atoms with Crippen LogP contribution in [0.5, 0.6) is 0 Å². The summed E-state index contributed by atoms with van der Waals surface area (Å²) >= 11 is 0. The number of benzene rings is 1. The van der Waals surface area contributed by atoms with Gasteiger partial charge in [0.1, 0.15) is 17.3 Å². The molecule has 4 rings (SSSR count). The van der Waals surface area contributed by atoms with Gasteiger partial charge in [-0.05, 0) is 30.7 Å². The molecule has 1 fully saturated rings. The van der Waals surface area contributed by atoms with Crippen LogP contribution in [0, 0.1) is 11.6 Å². The van der Waals surface area contributed by atoms with E-state index >= 15 is 0 Å². The fourth-order valence-electron chi connectivity index (χ4n) is 3.99. The predicted octanol–water partition coefficient (Wildman–Crippen LogP) is 3.28. The van der Waals surface area contributed by atoms with Crippen molar-refractivity contribution in [3.8, 4) is 0 Å². The van der Waals surface area contributed by atoms with Gasteiger partial charge in [0.25, 0.3) is 5.91 Å². The van der Waals surface area contributed by atoms with Crippen LogP contribution in [0.1, 0.15) is 35.7 Å². The Balaban J connectivity index is 1.43. The zero-order valence-electron chi connectivity index (χ0n) is 17.8. The lowest BCUT2D eigenvalue weighted by molar-refractivity contribution is 0.0951. The van der Waals surface area contributed by atoms with E-state index in [0.717, 1.165) is 30.7 Å². The molecule has 0 aliphatic carbocycles. The van der Waals surface area contributed by atoms with Gasteiger partial charge in [0, 0.05) is 69.0 Å². The summed E-state index contributed by atoms with van der Waals surface area (Å²) in [6.07, 6.45) is 3.47. The van der Waals surface area contributed by atoms with Gasteiger partial charge in [-0.1, -0.05) is 6.92 Å². The Morgan fingerprint density at radius 2 is 2.00 bits per heavy atom. The van der Waals surface area contributed by atoms with E-state index < -0.39 is 11.6 Å². The van der Waals surface area contributed by atoms with Crippen molar-refractivity contribution >= 4 is 22.6 Å². The van der Waals surface area contributed by atoms with Crippen molar-refractivity contribution in [2.45, 2.75) is 26.3 Å². The van der Waals surface area contributed by atoms with Gasteiger partial charge in [-0.15, -0.1) is 0 Å². The molecule has 1 aromatic carbocycles. The average molecular weight is 427 g/mol. The van der Waals surface area contributed by atoms with Crippen LogP contribution in [0.4, 0.5) is 14.5 Å². The Bertz CT molecular complexity index is 1090. The van der Waals surface area contributed by atoms with E-state index in [1.54, 1.807) is 13.0 Å². The normalized spacial score (nSPS) is 15.3. The quantitative estimate of drug-likeness (QED) is 0.634. The number of aromatic nitrogens is 2. The molecule has 1 saturated heterocycles. The molecule has 6 nitrogen and oxygen atoms in total. The molecule has 1 aliphatic heterocycles. The lowest BCUT2D eigenvalue weighted by Gasteiger charge is -2.30. The zero-order valence-corrected chi connectivity index (χ0v) is 17.8. The predicted molar refractivity (Wildman–Crippen MR) is 118 cm³/mol. The van der Waals surface area contributed by atoms with Gasteiger partial charge in [0.2, 0.25) is 0 Å². The second-order valence-electron chi connectivity index (χ2n) is 7.91. The second-order valence-corrected chi connectivity index (χ2v) is 7.91. The van der Waals surface area contributed by atoms with Crippen LogP contribution >= 0.6 is 0 Å². The van der Waals surface area contributed by atoms with Gasteiger partial charge < -0.3 is 20.1 Å². The minimum atomic E-state index is -0.458. The highest BCUT2D eigenvalue weighted by atomic mass is 19.1. The molecular weight excluding hydrogens is 400 g/mol. The van der Waals surface area contributed by atoms with Crippen LogP contribution in [0.25, 0.3) is 11.0 Å². The summed E-state index contributed by atoms with van der Waals surface area (Å²) in [5.74, 6) is -1.57. The summed E-state index contributed by atoms with van der Waals surface area (Å²) in [4.78, 5) is 18.8. The molecule has 8 heteroatoms. The first-order valence-electron chi connectivity index (χ1n) is 10.7. The third-order valence-corrected chi connectivity index (χ3v) is 5.83. The molecule has 1 atom stereocenters. The molecule has 0 bridgehead atoms. The number of halogens is 2. The summed E-state index contributed by atoms with van der Waals surface area (Å²) in [5, 5.41) is 6.90. The first kappa shape index (κ1) is 21.2. The number of piperazine rings is 1. The number of carbonyl (C=O) groups excluding carboxylic acids is 1. The second kappa shape index (κ2) is 9.01. The summed E-state index contributed by atoms with van der Waals surface area (Å²) in [5.41, 5.74) is 1.81. The van der Waals surface area contributed by atoms with Crippen molar-refractivity contribution in [3.05, 3.63) is 59.4 Å². The first-order valence-corrected chi connectivity index (χ1v) is 10.7. The summed E-state index contributed by atoms with van der Waals surface area (Å²) in [6.45, 7) is 7.56. The minimum absolute atomic E-state index is 0.191. The van der Waals surface area contributed by atoms with E-state index in [2.05, 4.69) is 15.6 Å². The molecule has 0 spiro atoms. The topological polar surface area (TPSA) is 62.2 Å². The van der Waals surface area contributed by atoms with E-state index in [4.69, 9.17) is 0 Å². The van der Waals surface area contributed by atoms with Crippen LogP contribution in [-0.4, -0.2) is 48.2 Å². The van der Waals surface area contributed by atoms with Crippen molar-refractivity contribution in [1.82, 2.24) is 20.2 Å². The highest BCUT2D eigenvalue weighted by Crippen LogP contribution is 2.28. The van der Waals surface area contributed by atoms with Crippen LogP contribution < -0.4 is 15.5 Å². The number of amides is 1. The Morgan fingerprint density at radius 3 is 2.74 bits per heavy atom. The Morgan fingerprint density at radius 1 is 1.23 bits per heavy atom. The summed E-state index contributed by atoms with van der Waals surface area (Å²) < 4.78 is 31.5. The molecular formula is C23H27F2N5O. The van der Waals surface area contributed by atoms with Crippen molar-refractivity contribution in [1.29, 1.82) is 0 Å².